The van der Waals surface area contributed by atoms with Crippen LogP contribution in [-0.2, 0) is 28.9 Å². The minimum atomic E-state index is -1.50. The topological polar surface area (TPSA) is 210 Å². The predicted molar refractivity (Wildman–Crippen MR) is 138 cm³/mol. The van der Waals surface area contributed by atoms with E-state index in [0.717, 1.165) is 64.2 Å². The SMILES string of the molecule is CON=CC(=O)NC1(c2csc(N)n2)S[C@H]2CC(=O)N2C(C(=O)O)=C1CSc1nnc(SCC(=O)O)s1. The molecule has 4 rings (SSSR count). The van der Waals surface area contributed by atoms with Crippen LogP contribution in [-0.4, -0.2) is 84.3 Å². The van der Waals surface area contributed by atoms with Crippen molar-refractivity contribution in [2.45, 2.75) is 25.3 Å². The average Bonchev–Trinajstić information content (AvgIpc) is 3.48. The number of anilines is 1. The number of β-lactam (4-membered cyclic amide) rings is 1. The molecule has 0 aliphatic carbocycles. The Morgan fingerprint density at radius 3 is 2.68 bits per heavy atom. The van der Waals surface area contributed by atoms with E-state index in [1.807, 2.05) is 0 Å². The van der Waals surface area contributed by atoms with E-state index < -0.39 is 28.1 Å². The number of oxime groups is 1. The number of amides is 2. The summed E-state index contributed by atoms with van der Waals surface area (Å²) in [5.74, 6) is -3.61. The lowest BCUT2D eigenvalue weighted by Crippen LogP contribution is -2.61. The van der Waals surface area contributed by atoms with Gasteiger partial charge in [-0.15, -0.1) is 21.5 Å². The van der Waals surface area contributed by atoms with Gasteiger partial charge in [-0.2, -0.15) is 0 Å². The zero-order valence-electron chi connectivity index (χ0n) is 18.6. The number of nitrogens with zero attached hydrogens (tertiary/aromatic N) is 5. The molecule has 0 bridgehead atoms. The van der Waals surface area contributed by atoms with Crippen molar-refractivity contribution in [3.8, 4) is 0 Å². The molecule has 5 N–H and O–H groups in total. The largest absolute Gasteiger partial charge is 0.481 e. The molecule has 1 fully saturated rings. The Morgan fingerprint density at radius 1 is 1.35 bits per heavy atom. The number of carboxylic acids is 2. The molecular formula is C18H17N7O7S5. The van der Waals surface area contributed by atoms with Crippen molar-refractivity contribution < 1.29 is 34.2 Å². The molecule has 0 aromatic carbocycles. The number of carboxylic acid groups (broad SMARTS) is 2. The van der Waals surface area contributed by atoms with Crippen molar-refractivity contribution in [2.75, 3.05) is 24.3 Å². The number of thiazole rings is 1. The number of nitrogens with two attached hydrogens (primary N) is 1. The lowest BCUT2D eigenvalue weighted by Gasteiger charge is -2.51. The van der Waals surface area contributed by atoms with Crippen LogP contribution in [0.3, 0.4) is 0 Å². The first kappa shape index (κ1) is 27.2. The molecule has 2 aromatic rings. The van der Waals surface area contributed by atoms with Gasteiger partial charge in [0.25, 0.3) is 5.91 Å². The number of nitrogen functional groups attached to an aromatic ring is 1. The van der Waals surface area contributed by atoms with Crippen LogP contribution in [0.5, 0.6) is 0 Å². The Balaban J connectivity index is 1.77. The van der Waals surface area contributed by atoms with Gasteiger partial charge in [-0.05, 0) is 0 Å². The number of rotatable bonds is 11. The fourth-order valence-electron chi connectivity index (χ4n) is 3.45. The molecule has 2 aliphatic rings. The summed E-state index contributed by atoms with van der Waals surface area (Å²) in [6.07, 6.45) is 0.976. The van der Waals surface area contributed by atoms with Crippen LogP contribution < -0.4 is 11.1 Å². The maximum Gasteiger partial charge on any atom is 0.352 e. The second-order valence-corrected chi connectivity index (χ2v) is 12.8. The molecular weight excluding hydrogens is 587 g/mol. The quantitative estimate of drug-likeness (QED) is 0.123. The van der Waals surface area contributed by atoms with Crippen LogP contribution in [0.4, 0.5) is 5.13 Å². The fraction of sp³-hybridized carbons (Fsp3) is 0.333. The molecule has 19 heteroatoms. The van der Waals surface area contributed by atoms with Gasteiger partial charge in [-0.1, -0.05) is 51.8 Å². The van der Waals surface area contributed by atoms with Crippen LogP contribution >= 0.6 is 58.0 Å². The Labute approximate surface area is 229 Å². The van der Waals surface area contributed by atoms with Crippen molar-refractivity contribution in [2.24, 2.45) is 5.16 Å². The van der Waals surface area contributed by atoms with Crippen molar-refractivity contribution >= 4 is 93.1 Å². The molecule has 2 aromatic heterocycles. The van der Waals surface area contributed by atoms with Crippen molar-refractivity contribution in [1.29, 1.82) is 0 Å². The van der Waals surface area contributed by atoms with E-state index in [1.54, 1.807) is 5.38 Å². The number of hydrogen-bond acceptors (Lipinski definition) is 15. The molecule has 2 amide bonds. The summed E-state index contributed by atoms with van der Waals surface area (Å²) >= 11 is 5.55. The molecule has 0 spiro atoms. The maximum absolute atomic E-state index is 12.8. The third-order valence-electron chi connectivity index (χ3n) is 4.88. The number of nitrogens with one attached hydrogen (secondary N) is 1. The summed E-state index contributed by atoms with van der Waals surface area (Å²) in [5, 5.41) is 34.6. The van der Waals surface area contributed by atoms with Crippen LogP contribution in [0, 0.1) is 0 Å². The van der Waals surface area contributed by atoms with E-state index in [2.05, 4.69) is 30.5 Å². The van der Waals surface area contributed by atoms with Gasteiger partial charge in [-0.3, -0.25) is 19.3 Å². The number of hydrogen-bond donors (Lipinski definition) is 4. The summed E-state index contributed by atoms with van der Waals surface area (Å²) in [7, 11) is 1.27. The van der Waals surface area contributed by atoms with E-state index in [1.165, 1.54) is 12.0 Å². The third kappa shape index (κ3) is 5.69. The van der Waals surface area contributed by atoms with Gasteiger partial charge < -0.3 is 26.1 Å². The monoisotopic (exact) mass is 603 g/mol. The standard InChI is InChI=1S/C18H17N7O7S5/c1-32-20-3-9(26)22-18(8-5-33-15(19)21-8)7(13(14(30)31)25-10(27)2-11(25)37-18)4-34-16-23-24-17(36-16)35-6-12(28)29/h3,5,11H,2,4,6H2,1H3,(H2,19,21)(H,22,26)(H,28,29)(H,30,31)/t11-,18?/m0/s1. The highest BCUT2D eigenvalue weighted by atomic mass is 32.2. The van der Waals surface area contributed by atoms with Gasteiger partial charge >= 0.3 is 11.9 Å². The predicted octanol–water partition coefficient (Wildman–Crippen LogP) is 1.09. The second-order valence-electron chi connectivity index (χ2n) is 7.14. The van der Waals surface area contributed by atoms with E-state index in [9.17, 15) is 24.3 Å². The summed E-state index contributed by atoms with van der Waals surface area (Å²) in [5.41, 5.74) is 6.09. The Bertz CT molecular complexity index is 1310. The molecule has 2 aliphatic heterocycles. The van der Waals surface area contributed by atoms with Gasteiger partial charge in [0.15, 0.2) is 18.7 Å². The Hall–Kier alpha value is -2.87. The zero-order valence-corrected chi connectivity index (χ0v) is 22.7. The van der Waals surface area contributed by atoms with Gasteiger partial charge in [0.2, 0.25) is 5.91 Å². The molecule has 0 radical (unpaired) electrons. The number of fused-ring (bicyclic) bond motifs is 1. The molecule has 2 atom stereocenters. The Kier molecular flexibility index (Phi) is 8.26. The highest BCUT2D eigenvalue weighted by molar-refractivity contribution is 8.04. The first-order valence-corrected chi connectivity index (χ1v) is 14.6. The smallest absolute Gasteiger partial charge is 0.352 e. The number of aliphatic carboxylic acids is 2. The van der Waals surface area contributed by atoms with Crippen LogP contribution in [0.25, 0.3) is 0 Å². The molecule has 1 unspecified atom stereocenters. The second kappa shape index (κ2) is 11.3. The summed E-state index contributed by atoms with van der Waals surface area (Å²) < 4.78 is 0.863. The van der Waals surface area contributed by atoms with E-state index in [-0.39, 0.29) is 40.2 Å². The maximum atomic E-state index is 12.8. The van der Waals surface area contributed by atoms with Crippen LogP contribution in [0.15, 0.2) is 30.5 Å². The number of carbonyl (C=O) groups excluding carboxylic acids is 2. The van der Waals surface area contributed by atoms with E-state index in [4.69, 9.17) is 10.8 Å². The first-order chi connectivity index (χ1) is 17.6. The lowest BCUT2D eigenvalue weighted by atomic mass is 9.98. The summed E-state index contributed by atoms with van der Waals surface area (Å²) in [6.45, 7) is 0. The first-order valence-electron chi connectivity index (χ1n) is 10.0. The van der Waals surface area contributed by atoms with Gasteiger partial charge in [-0.25, -0.2) is 9.78 Å². The van der Waals surface area contributed by atoms with Crippen LogP contribution in [0.1, 0.15) is 12.1 Å². The minimum absolute atomic E-state index is 0.0253. The lowest BCUT2D eigenvalue weighted by molar-refractivity contribution is -0.146. The molecule has 0 saturated carbocycles. The number of carbonyl (C=O) groups is 4. The van der Waals surface area contributed by atoms with Crippen molar-refractivity contribution in [3.05, 3.63) is 22.3 Å². The third-order valence-corrected chi connectivity index (χ3v) is 10.3. The van der Waals surface area contributed by atoms with Crippen LogP contribution in [0.2, 0.25) is 0 Å². The fourth-order valence-corrected chi connectivity index (χ4v) is 8.72. The number of thioether (sulfide) groups is 3. The highest BCUT2D eigenvalue weighted by Crippen LogP contribution is 2.55. The van der Waals surface area contributed by atoms with E-state index >= 15 is 0 Å². The van der Waals surface area contributed by atoms with Gasteiger partial charge in [0.1, 0.15) is 19.0 Å². The zero-order chi connectivity index (χ0) is 26.7. The minimum Gasteiger partial charge on any atom is -0.481 e. The Morgan fingerprint density at radius 2 is 2.08 bits per heavy atom. The normalized spacial score (nSPS) is 21.1. The van der Waals surface area contributed by atoms with Crippen molar-refractivity contribution in [3.63, 3.8) is 0 Å². The molecule has 196 valence electrons. The van der Waals surface area contributed by atoms with Crippen molar-refractivity contribution in [1.82, 2.24) is 25.4 Å². The molecule has 1 saturated heterocycles. The van der Waals surface area contributed by atoms with Gasteiger partial charge in [0.05, 0.1) is 23.2 Å². The number of aromatic nitrogens is 3. The molecule has 37 heavy (non-hydrogen) atoms. The average molecular weight is 604 g/mol. The van der Waals surface area contributed by atoms with Gasteiger partial charge in [0, 0.05) is 16.7 Å². The summed E-state index contributed by atoms with van der Waals surface area (Å²) in [4.78, 5) is 57.2. The molecule has 14 nitrogen and oxygen atoms in total. The van der Waals surface area contributed by atoms with E-state index in [0.29, 0.717) is 14.4 Å². The summed E-state index contributed by atoms with van der Waals surface area (Å²) in [6, 6.07) is 0. The molecule has 4 heterocycles. The highest BCUT2D eigenvalue weighted by Gasteiger charge is 2.56.